The van der Waals surface area contributed by atoms with Crippen LogP contribution in [0.3, 0.4) is 0 Å². The van der Waals surface area contributed by atoms with Gasteiger partial charge in [-0.2, -0.15) is 5.10 Å². The van der Waals surface area contributed by atoms with Crippen LogP contribution in [-0.2, 0) is 10.4 Å². The number of benzene rings is 3. The standard InChI is InChI=1S/C26H18Br2N2O5/c27-20-14-17(23(21(28)15-20)35-24(31)22-12-7-13-34-22)16-29-30-25(32)26(33,18-8-3-1-4-9-18)19-10-5-2-6-11-19/h1-16,33H,(H,30,32)/b29-16+. The molecule has 1 aromatic heterocycles. The second-order valence-electron chi connectivity index (χ2n) is 7.31. The van der Waals surface area contributed by atoms with Gasteiger partial charge in [-0.25, -0.2) is 10.2 Å². The van der Waals surface area contributed by atoms with E-state index in [2.05, 4.69) is 42.4 Å². The second kappa shape index (κ2) is 10.8. The fourth-order valence-corrected chi connectivity index (χ4v) is 4.69. The summed E-state index contributed by atoms with van der Waals surface area (Å²) < 4.78 is 11.7. The third-order valence-corrected chi connectivity index (χ3v) is 6.08. The molecule has 0 aliphatic rings. The number of nitrogens with one attached hydrogen (secondary N) is 1. The van der Waals surface area contributed by atoms with Crippen LogP contribution in [0.25, 0.3) is 0 Å². The van der Waals surface area contributed by atoms with Crippen LogP contribution in [0.15, 0.2) is 110 Å². The molecule has 0 bridgehead atoms. The Kier molecular flexibility index (Phi) is 7.60. The van der Waals surface area contributed by atoms with Gasteiger partial charge in [-0.05, 0) is 51.3 Å². The minimum absolute atomic E-state index is 0.0341. The SMILES string of the molecule is O=C(Oc1c(Br)cc(Br)cc1/C=N/NC(=O)C(O)(c1ccccc1)c1ccccc1)c1ccco1. The molecule has 176 valence electrons. The number of halogens is 2. The fourth-order valence-electron chi connectivity index (χ4n) is 3.35. The Labute approximate surface area is 217 Å². The van der Waals surface area contributed by atoms with E-state index in [1.54, 1.807) is 78.9 Å². The third-order valence-electron chi connectivity index (χ3n) is 5.04. The van der Waals surface area contributed by atoms with E-state index in [1.165, 1.54) is 18.5 Å². The Bertz CT molecular complexity index is 1320. The van der Waals surface area contributed by atoms with E-state index in [0.29, 0.717) is 25.6 Å². The van der Waals surface area contributed by atoms with Crippen LogP contribution in [0, 0.1) is 0 Å². The van der Waals surface area contributed by atoms with Gasteiger partial charge >= 0.3 is 5.97 Å². The van der Waals surface area contributed by atoms with E-state index >= 15 is 0 Å². The maximum Gasteiger partial charge on any atom is 0.379 e. The van der Waals surface area contributed by atoms with Crippen molar-refractivity contribution in [2.75, 3.05) is 0 Å². The van der Waals surface area contributed by atoms with E-state index < -0.39 is 17.5 Å². The number of amides is 1. The zero-order valence-electron chi connectivity index (χ0n) is 18.0. The van der Waals surface area contributed by atoms with E-state index in [9.17, 15) is 14.7 Å². The summed E-state index contributed by atoms with van der Waals surface area (Å²) >= 11 is 6.76. The lowest BCUT2D eigenvalue weighted by atomic mass is 9.85. The average Bonchev–Trinajstić information content (AvgIpc) is 3.42. The molecule has 9 heteroatoms. The van der Waals surface area contributed by atoms with Crippen molar-refractivity contribution in [3.8, 4) is 5.75 Å². The minimum atomic E-state index is -1.98. The van der Waals surface area contributed by atoms with Gasteiger partial charge < -0.3 is 14.3 Å². The number of nitrogens with zero attached hydrogens (tertiary/aromatic N) is 1. The number of furan rings is 1. The normalized spacial score (nSPS) is 11.4. The molecule has 0 fully saturated rings. The molecular formula is C26H18Br2N2O5. The minimum Gasteiger partial charge on any atom is -0.457 e. The van der Waals surface area contributed by atoms with Crippen LogP contribution < -0.4 is 10.2 Å². The Balaban J connectivity index is 1.62. The highest BCUT2D eigenvalue weighted by Crippen LogP contribution is 2.33. The quantitative estimate of drug-likeness (QED) is 0.128. The zero-order valence-corrected chi connectivity index (χ0v) is 21.2. The number of carbonyl (C=O) groups is 2. The van der Waals surface area contributed by atoms with Crippen LogP contribution >= 0.6 is 31.9 Å². The number of carbonyl (C=O) groups excluding carboxylic acids is 2. The molecule has 0 saturated carbocycles. The smallest absolute Gasteiger partial charge is 0.379 e. The summed E-state index contributed by atoms with van der Waals surface area (Å²) in [5.74, 6) is -1.24. The van der Waals surface area contributed by atoms with Crippen molar-refractivity contribution in [2.24, 2.45) is 5.10 Å². The van der Waals surface area contributed by atoms with Crippen LogP contribution in [0.2, 0.25) is 0 Å². The molecule has 0 aliphatic carbocycles. The van der Waals surface area contributed by atoms with Gasteiger partial charge in [0.05, 0.1) is 17.0 Å². The first-order valence-corrected chi connectivity index (χ1v) is 11.9. The molecule has 1 amide bonds. The van der Waals surface area contributed by atoms with Crippen molar-refractivity contribution >= 4 is 50.0 Å². The van der Waals surface area contributed by atoms with Gasteiger partial charge in [-0.15, -0.1) is 0 Å². The average molecular weight is 598 g/mol. The molecule has 2 N–H and O–H groups in total. The summed E-state index contributed by atoms with van der Waals surface area (Å²) in [6, 6.07) is 23.6. The van der Waals surface area contributed by atoms with Gasteiger partial charge in [-0.1, -0.05) is 76.6 Å². The topological polar surface area (TPSA) is 101 Å². The van der Waals surface area contributed by atoms with Crippen LogP contribution in [-0.4, -0.2) is 23.2 Å². The summed E-state index contributed by atoms with van der Waals surface area (Å²) in [6.45, 7) is 0. The number of rotatable bonds is 7. The first kappa shape index (κ1) is 24.6. The highest BCUT2D eigenvalue weighted by molar-refractivity contribution is 9.11. The lowest BCUT2D eigenvalue weighted by molar-refractivity contribution is -0.136. The molecule has 4 rings (SSSR count). The lowest BCUT2D eigenvalue weighted by Crippen LogP contribution is -2.43. The number of aliphatic hydroxyl groups is 1. The van der Waals surface area contributed by atoms with Gasteiger partial charge in [-0.3, -0.25) is 4.79 Å². The third kappa shape index (κ3) is 5.43. The molecule has 0 atom stereocenters. The Morgan fingerprint density at radius 1 is 0.943 bits per heavy atom. The summed E-state index contributed by atoms with van der Waals surface area (Å²) in [4.78, 5) is 25.6. The maximum absolute atomic E-state index is 13.2. The number of hydrogen-bond acceptors (Lipinski definition) is 6. The molecule has 3 aromatic carbocycles. The van der Waals surface area contributed by atoms with E-state index in [0.717, 1.165) is 0 Å². The summed E-state index contributed by atoms with van der Waals surface area (Å²) in [6.07, 6.45) is 2.68. The van der Waals surface area contributed by atoms with Crippen LogP contribution in [0.1, 0.15) is 27.2 Å². The lowest BCUT2D eigenvalue weighted by Gasteiger charge is -2.27. The van der Waals surface area contributed by atoms with E-state index in [-0.39, 0.29) is 11.5 Å². The van der Waals surface area contributed by atoms with Crippen LogP contribution in [0.4, 0.5) is 0 Å². The maximum atomic E-state index is 13.2. The van der Waals surface area contributed by atoms with Crippen molar-refractivity contribution in [3.05, 3.63) is 123 Å². The Morgan fingerprint density at radius 2 is 1.57 bits per heavy atom. The van der Waals surface area contributed by atoms with Gasteiger partial charge in [0.2, 0.25) is 5.76 Å². The highest BCUT2D eigenvalue weighted by Gasteiger charge is 2.39. The molecule has 1 heterocycles. The van der Waals surface area contributed by atoms with Gasteiger partial charge in [0, 0.05) is 10.0 Å². The van der Waals surface area contributed by atoms with Gasteiger partial charge in [0.1, 0.15) is 0 Å². The number of esters is 1. The molecule has 0 saturated heterocycles. The van der Waals surface area contributed by atoms with Gasteiger partial charge in [0.25, 0.3) is 5.91 Å². The molecule has 35 heavy (non-hydrogen) atoms. The van der Waals surface area contributed by atoms with Crippen molar-refractivity contribution in [2.45, 2.75) is 5.60 Å². The molecule has 0 unspecified atom stereocenters. The fraction of sp³-hybridized carbons (Fsp3) is 0.0385. The van der Waals surface area contributed by atoms with Crippen LogP contribution in [0.5, 0.6) is 5.75 Å². The first-order chi connectivity index (χ1) is 16.9. The van der Waals surface area contributed by atoms with E-state index in [4.69, 9.17) is 9.15 Å². The summed E-state index contributed by atoms with van der Waals surface area (Å²) in [5.41, 5.74) is 1.58. The molecule has 4 aromatic rings. The molecule has 0 spiro atoms. The monoisotopic (exact) mass is 596 g/mol. The van der Waals surface area contributed by atoms with Crippen molar-refractivity contribution in [1.29, 1.82) is 0 Å². The second-order valence-corrected chi connectivity index (χ2v) is 9.08. The van der Waals surface area contributed by atoms with E-state index in [1.807, 2.05) is 0 Å². The largest absolute Gasteiger partial charge is 0.457 e. The van der Waals surface area contributed by atoms with Crippen molar-refractivity contribution in [3.63, 3.8) is 0 Å². The summed E-state index contributed by atoms with van der Waals surface area (Å²) in [5, 5.41) is 15.5. The highest BCUT2D eigenvalue weighted by atomic mass is 79.9. The Morgan fingerprint density at radius 3 is 2.14 bits per heavy atom. The number of ether oxygens (including phenoxy) is 1. The molecule has 7 nitrogen and oxygen atoms in total. The number of hydrogen-bond donors (Lipinski definition) is 2. The molecule has 0 radical (unpaired) electrons. The predicted octanol–water partition coefficient (Wildman–Crippen LogP) is 5.41. The summed E-state index contributed by atoms with van der Waals surface area (Å²) in [7, 11) is 0. The molecule has 0 aliphatic heterocycles. The Hall–Kier alpha value is -3.53. The molecular weight excluding hydrogens is 580 g/mol. The predicted molar refractivity (Wildman–Crippen MR) is 137 cm³/mol. The first-order valence-electron chi connectivity index (χ1n) is 10.3. The van der Waals surface area contributed by atoms with Crippen molar-refractivity contribution in [1.82, 2.24) is 5.43 Å². The number of hydrazone groups is 1. The van der Waals surface area contributed by atoms with Gasteiger partial charge in [0.15, 0.2) is 11.4 Å². The zero-order chi connectivity index (χ0) is 24.8. The van der Waals surface area contributed by atoms with Crippen molar-refractivity contribution < 1.29 is 23.8 Å².